The van der Waals surface area contributed by atoms with Crippen molar-refractivity contribution in [3.8, 4) is 0 Å². The molecule has 148 valence electrons. The first-order valence-electron chi connectivity index (χ1n) is 8.91. The van der Waals surface area contributed by atoms with Crippen LogP contribution in [-0.4, -0.2) is 47.9 Å². The standard InChI is InChI=1S/C18H31N5OS.HI/c1-12(2)15(24)23-8-7-13(10-23)22-17(19-6)20-9-14-11-25-16(21-14)18(3,4)5;/h11-13H,7-10H2,1-6H3,(H2,19,20,22);1H. The molecular weight excluding hydrogens is 461 g/mol. The van der Waals surface area contributed by atoms with Crippen LogP contribution >= 0.6 is 35.3 Å². The summed E-state index contributed by atoms with van der Waals surface area (Å²) in [4.78, 5) is 23.0. The number of hydrogen-bond acceptors (Lipinski definition) is 4. The minimum absolute atomic E-state index is 0. The summed E-state index contributed by atoms with van der Waals surface area (Å²) in [5, 5.41) is 9.98. The summed E-state index contributed by atoms with van der Waals surface area (Å²) < 4.78 is 0. The van der Waals surface area contributed by atoms with Crippen molar-refractivity contribution in [3.05, 3.63) is 16.1 Å². The molecular formula is C18H32IN5OS. The molecule has 1 amide bonds. The van der Waals surface area contributed by atoms with Crippen LogP contribution < -0.4 is 10.6 Å². The van der Waals surface area contributed by atoms with Crippen molar-refractivity contribution in [2.45, 2.75) is 59.0 Å². The Morgan fingerprint density at radius 3 is 2.69 bits per heavy atom. The summed E-state index contributed by atoms with van der Waals surface area (Å²) in [7, 11) is 1.77. The normalized spacial score (nSPS) is 18.0. The van der Waals surface area contributed by atoms with E-state index in [0.29, 0.717) is 6.54 Å². The number of aliphatic imine (C=N–C) groups is 1. The number of nitrogens with one attached hydrogen (secondary N) is 2. The van der Waals surface area contributed by atoms with Gasteiger partial charge in [-0.1, -0.05) is 34.6 Å². The molecule has 0 saturated carbocycles. The number of rotatable bonds is 4. The first kappa shape index (κ1) is 23.1. The van der Waals surface area contributed by atoms with E-state index in [-0.39, 0.29) is 47.3 Å². The van der Waals surface area contributed by atoms with Gasteiger partial charge in [-0.15, -0.1) is 35.3 Å². The Bertz CT molecular complexity index is 623. The Balaban J connectivity index is 0.00000338. The molecule has 26 heavy (non-hydrogen) atoms. The number of hydrogen-bond donors (Lipinski definition) is 2. The number of likely N-dealkylation sites (tertiary alicyclic amines) is 1. The molecule has 2 rings (SSSR count). The van der Waals surface area contributed by atoms with E-state index in [1.807, 2.05) is 18.7 Å². The van der Waals surface area contributed by atoms with Gasteiger partial charge in [0.25, 0.3) is 0 Å². The van der Waals surface area contributed by atoms with Gasteiger partial charge in [0.2, 0.25) is 5.91 Å². The molecule has 1 fully saturated rings. The van der Waals surface area contributed by atoms with E-state index in [4.69, 9.17) is 4.98 Å². The molecule has 1 aromatic rings. The molecule has 6 nitrogen and oxygen atoms in total. The molecule has 1 aliphatic rings. The highest BCUT2D eigenvalue weighted by Crippen LogP contribution is 2.25. The zero-order valence-electron chi connectivity index (χ0n) is 16.6. The zero-order valence-corrected chi connectivity index (χ0v) is 19.8. The summed E-state index contributed by atoms with van der Waals surface area (Å²) >= 11 is 1.70. The lowest BCUT2D eigenvalue weighted by atomic mass is 9.98. The van der Waals surface area contributed by atoms with Crippen molar-refractivity contribution >= 4 is 47.2 Å². The number of halogens is 1. The van der Waals surface area contributed by atoms with Crippen LogP contribution in [0.25, 0.3) is 0 Å². The number of guanidine groups is 1. The Morgan fingerprint density at radius 1 is 1.46 bits per heavy atom. The fourth-order valence-electron chi connectivity index (χ4n) is 2.74. The fourth-order valence-corrected chi connectivity index (χ4v) is 3.65. The molecule has 1 atom stereocenters. The summed E-state index contributed by atoms with van der Waals surface area (Å²) in [6.45, 7) is 12.6. The minimum Gasteiger partial charge on any atom is -0.352 e. The molecule has 2 heterocycles. The molecule has 1 aromatic heterocycles. The lowest BCUT2D eigenvalue weighted by Crippen LogP contribution is -2.45. The average Bonchev–Trinajstić information content (AvgIpc) is 3.19. The number of carbonyl (C=O) groups excluding carboxylic acids is 1. The topological polar surface area (TPSA) is 69.6 Å². The predicted molar refractivity (Wildman–Crippen MR) is 119 cm³/mol. The molecule has 2 N–H and O–H groups in total. The maximum absolute atomic E-state index is 12.1. The molecule has 8 heteroatoms. The Kier molecular flexibility index (Phi) is 8.78. The van der Waals surface area contributed by atoms with Crippen molar-refractivity contribution in [2.24, 2.45) is 10.9 Å². The lowest BCUT2D eigenvalue weighted by Gasteiger charge is -2.20. The van der Waals surface area contributed by atoms with Crippen LogP contribution in [0, 0.1) is 5.92 Å². The highest BCUT2D eigenvalue weighted by atomic mass is 127. The van der Waals surface area contributed by atoms with Gasteiger partial charge in [-0.2, -0.15) is 0 Å². The summed E-state index contributed by atoms with van der Waals surface area (Å²) in [6.07, 6.45) is 0.948. The van der Waals surface area contributed by atoms with Crippen LogP contribution in [0.3, 0.4) is 0 Å². The second-order valence-corrected chi connectivity index (χ2v) is 8.75. The van der Waals surface area contributed by atoms with Gasteiger partial charge in [0.1, 0.15) is 0 Å². The highest BCUT2D eigenvalue weighted by molar-refractivity contribution is 14.0. The zero-order chi connectivity index (χ0) is 18.6. The number of carbonyl (C=O) groups is 1. The summed E-state index contributed by atoms with van der Waals surface area (Å²) in [5.41, 5.74) is 1.11. The smallest absolute Gasteiger partial charge is 0.225 e. The first-order valence-corrected chi connectivity index (χ1v) is 9.79. The van der Waals surface area contributed by atoms with E-state index in [2.05, 4.69) is 41.8 Å². The predicted octanol–water partition coefficient (Wildman–Crippen LogP) is 2.98. The van der Waals surface area contributed by atoms with E-state index in [1.54, 1.807) is 18.4 Å². The van der Waals surface area contributed by atoms with Crippen molar-refractivity contribution in [2.75, 3.05) is 20.1 Å². The third kappa shape index (κ3) is 6.37. The number of amides is 1. The van der Waals surface area contributed by atoms with Gasteiger partial charge in [0.05, 0.1) is 17.2 Å². The van der Waals surface area contributed by atoms with Crippen LogP contribution in [0.15, 0.2) is 10.4 Å². The first-order chi connectivity index (χ1) is 11.7. The van der Waals surface area contributed by atoms with Gasteiger partial charge >= 0.3 is 0 Å². The van der Waals surface area contributed by atoms with Crippen LogP contribution in [-0.2, 0) is 16.8 Å². The van der Waals surface area contributed by atoms with Gasteiger partial charge in [-0.05, 0) is 6.42 Å². The number of nitrogens with zero attached hydrogens (tertiary/aromatic N) is 3. The van der Waals surface area contributed by atoms with E-state index in [9.17, 15) is 4.79 Å². The van der Waals surface area contributed by atoms with E-state index in [1.165, 1.54) is 0 Å². The average molecular weight is 493 g/mol. The maximum atomic E-state index is 12.1. The van der Waals surface area contributed by atoms with Crippen molar-refractivity contribution in [1.82, 2.24) is 20.5 Å². The van der Waals surface area contributed by atoms with Gasteiger partial charge in [0, 0.05) is 42.9 Å². The van der Waals surface area contributed by atoms with E-state index in [0.717, 1.165) is 36.2 Å². The number of aromatic nitrogens is 1. The minimum atomic E-state index is 0. The third-order valence-corrected chi connectivity index (χ3v) is 5.51. The fraction of sp³-hybridized carbons (Fsp3) is 0.722. The summed E-state index contributed by atoms with van der Waals surface area (Å²) in [5.74, 6) is 1.04. The van der Waals surface area contributed by atoms with Crippen molar-refractivity contribution < 1.29 is 4.79 Å². The van der Waals surface area contributed by atoms with Gasteiger partial charge in [-0.25, -0.2) is 4.98 Å². The van der Waals surface area contributed by atoms with Crippen LogP contribution in [0.4, 0.5) is 0 Å². The molecule has 1 unspecified atom stereocenters. The molecule has 0 aromatic carbocycles. The van der Waals surface area contributed by atoms with Gasteiger partial charge in [-0.3, -0.25) is 9.79 Å². The van der Waals surface area contributed by atoms with Crippen LogP contribution in [0.5, 0.6) is 0 Å². The van der Waals surface area contributed by atoms with E-state index >= 15 is 0 Å². The Morgan fingerprint density at radius 2 is 2.15 bits per heavy atom. The molecule has 1 saturated heterocycles. The second kappa shape index (κ2) is 9.87. The number of thiazole rings is 1. The SMILES string of the molecule is CN=C(NCc1csc(C(C)(C)C)n1)NC1CCN(C(=O)C(C)C)C1.I. The largest absolute Gasteiger partial charge is 0.352 e. The monoisotopic (exact) mass is 493 g/mol. The van der Waals surface area contributed by atoms with Gasteiger partial charge in [0.15, 0.2) is 5.96 Å². The van der Waals surface area contributed by atoms with Crippen LogP contribution in [0.2, 0.25) is 0 Å². The second-order valence-electron chi connectivity index (χ2n) is 7.89. The van der Waals surface area contributed by atoms with E-state index < -0.39 is 0 Å². The quantitative estimate of drug-likeness (QED) is 0.385. The molecule has 0 radical (unpaired) electrons. The molecule has 1 aliphatic heterocycles. The highest BCUT2D eigenvalue weighted by Gasteiger charge is 2.28. The Labute approximate surface area is 178 Å². The molecule has 0 aliphatic carbocycles. The summed E-state index contributed by atoms with van der Waals surface area (Å²) in [6, 6.07) is 0.245. The maximum Gasteiger partial charge on any atom is 0.225 e. The van der Waals surface area contributed by atoms with Gasteiger partial charge < -0.3 is 15.5 Å². The van der Waals surface area contributed by atoms with Crippen LogP contribution in [0.1, 0.15) is 51.7 Å². The lowest BCUT2D eigenvalue weighted by molar-refractivity contribution is -0.133. The van der Waals surface area contributed by atoms with Crippen molar-refractivity contribution in [3.63, 3.8) is 0 Å². The molecule has 0 bridgehead atoms. The molecule has 0 spiro atoms. The third-order valence-electron chi connectivity index (χ3n) is 4.19. The van der Waals surface area contributed by atoms with Crippen molar-refractivity contribution in [1.29, 1.82) is 0 Å². The Hall–Kier alpha value is -0.900.